The zero-order chi connectivity index (χ0) is 7.56. The van der Waals surface area contributed by atoms with Crippen molar-refractivity contribution in [1.29, 1.82) is 0 Å². The predicted molar refractivity (Wildman–Crippen MR) is 52.2 cm³/mol. The summed E-state index contributed by atoms with van der Waals surface area (Å²) in [6.45, 7) is 3.50. The first-order chi connectivity index (χ1) is 4.74. The molecule has 0 amide bonds. The summed E-state index contributed by atoms with van der Waals surface area (Å²) >= 11 is 3.85. The lowest BCUT2D eigenvalue weighted by molar-refractivity contribution is 0.229. The van der Waals surface area contributed by atoms with Crippen LogP contribution >= 0.6 is 33.9 Å². The summed E-state index contributed by atoms with van der Waals surface area (Å²) in [6.07, 6.45) is 1.03. The Morgan fingerprint density at radius 3 is 2.90 bits per heavy atom. The van der Waals surface area contributed by atoms with E-state index in [0.29, 0.717) is 0 Å². The average molecular weight is 266 g/mol. The highest BCUT2D eigenvalue weighted by molar-refractivity contribution is 14.1. The maximum Gasteiger partial charge on any atom is 0.0977 e. The fourth-order valence-corrected chi connectivity index (χ4v) is 2.02. The second-order valence-electron chi connectivity index (χ2n) is 1.86. The highest BCUT2D eigenvalue weighted by Crippen LogP contribution is 2.22. The molecule has 0 bridgehead atoms. The van der Waals surface area contributed by atoms with Crippen LogP contribution in [0.5, 0.6) is 0 Å². The molecule has 0 saturated heterocycles. The molecule has 10 heavy (non-hydrogen) atoms. The van der Waals surface area contributed by atoms with Crippen molar-refractivity contribution in [3.8, 4) is 0 Å². The third-order valence-electron chi connectivity index (χ3n) is 1.15. The number of halogens is 1. The van der Waals surface area contributed by atoms with Gasteiger partial charge < -0.3 is 5.11 Å². The Bertz CT molecular complexity index is 231. The highest BCUT2D eigenvalue weighted by atomic mass is 127. The van der Waals surface area contributed by atoms with Crippen LogP contribution < -0.4 is 0 Å². The minimum Gasteiger partial charge on any atom is -0.384 e. The smallest absolute Gasteiger partial charge is 0.0977 e. The van der Waals surface area contributed by atoms with Crippen LogP contribution in [0.2, 0.25) is 0 Å². The molecular formula is C7H7IOS. The van der Waals surface area contributed by atoms with Gasteiger partial charge >= 0.3 is 0 Å². The third-order valence-corrected chi connectivity index (χ3v) is 2.96. The fraction of sp³-hybridized carbons (Fsp3) is 0.143. The molecule has 1 aromatic rings. The predicted octanol–water partition coefficient (Wildman–Crippen LogP) is 2.57. The SMILES string of the molecule is C=CC(O)c1csc(I)c1. The first kappa shape index (κ1) is 8.23. The Morgan fingerprint density at radius 1 is 1.80 bits per heavy atom. The first-order valence-electron chi connectivity index (χ1n) is 2.78. The quantitative estimate of drug-likeness (QED) is 0.644. The molecule has 0 fully saturated rings. The third kappa shape index (κ3) is 1.81. The van der Waals surface area contributed by atoms with Gasteiger partial charge in [-0.1, -0.05) is 6.08 Å². The molecule has 1 heterocycles. The zero-order valence-corrected chi connectivity index (χ0v) is 8.22. The lowest BCUT2D eigenvalue weighted by Gasteiger charge is -1.98. The van der Waals surface area contributed by atoms with Gasteiger partial charge in [0, 0.05) is 0 Å². The topological polar surface area (TPSA) is 20.2 Å². The van der Waals surface area contributed by atoms with Gasteiger partial charge in [-0.2, -0.15) is 0 Å². The number of aliphatic hydroxyl groups excluding tert-OH is 1. The number of hydrogen-bond acceptors (Lipinski definition) is 2. The lowest BCUT2D eigenvalue weighted by atomic mass is 10.2. The van der Waals surface area contributed by atoms with Crippen molar-refractivity contribution in [3.63, 3.8) is 0 Å². The van der Waals surface area contributed by atoms with Crippen molar-refractivity contribution in [2.24, 2.45) is 0 Å². The Labute approximate surface area is 77.5 Å². The summed E-state index contributed by atoms with van der Waals surface area (Å²) in [7, 11) is 0. The van der Waals surface area contributed by atoms with Crippen LogP contribution in [0.15, 0.2) is 24.1 Å². The largest absolute Gasteiger partial charge is 0.384 e. The van der Waals surface area contributed by atoms with E-state index in [1.54, 1.807) is 11.3 Å². The second kappa shape index (κ2) is 3.50. The molecule has 1 atom stereocenters. The van der Waals surface area contributed by atoms with Crippen LogP contribution in [-0.4, -0.2) is 5.11 Å². The standard InChI is InChI=1S/C7H7IOS/c1-2-6(9)5-3-7(8)10-4-5/h2-4,6,9H,1H2. The Morgan fingerprint density at radius 2 is 2.50 bits per heavy atom. The van der Waals surface area contributed by atoms with Crippen molar-refractivity contribution < 1.29 is 5.11 Å². The zero-order valence-electron chi connectivity index (χ0n) is 5.25. The molecule has 0 aliphatic rings. The van der Waals surface area contributed by atoms with Crippen LogP contribution in [0, 0.1) is 2.88 Å². The van der Waals surface area contributed by atoms with Gasteiger partial charge in [-0.05, 0) is 39.6 Å². The first-order valence-corrected chi connectivity index (χ1v) is 4.74. The summed E-state index contributed by atoms with van der Waals surface area (Å²) in [5, 5.41) is 11.2. The van der Waals surface area contributed by atoms with E-state index in [9.17, 15) is 5.11 Å². The van der Waals surface area contributed by atoms with E-state index in [4.69, 9.17) is 0 Å². The van der Waals surface area contributed by atoms with Crippen LogP contribution in [0.1, 0.15) is 11.7 Å². The lowest BCUT2D eigenvalue weighted by Crippen LogP contribution is -1.87. The van der Waals surface area contributed by atoms with Crippen LogP contribution in [0.25, 0.3) is 0 Å². The number of hydrogen-bond donors (Lipinski definition) is 1. The van der Waals surface area contributed by atoms with Gasteiger partial charge in [0.05, 0.1) is 8.99 Å². The normalized spacial score (nSPS) is 13.0. The van der Waals surface area contributed by atoms with E-state index >= 15 is 0 Å². The van der Waals surface area contributed by atoms with E-state index in [1.807, 2.05) is 11.4 Å². The van der Waals surface area contributed by atoms with Crippen LogP contribution in [0.3, 0.4) is 0 Å². The van der Waals surface area contributed by atoms with Gasteiger partial charge in [0.2, 0.25) is 0 Å². The molecule has 1 rings (SSSR count). The Kier molecular flexibility index (Phi) is 2.88. The van der Waals surface area contributed by atoms with E-state index in [1.165, 1.54) is 8.96 Å². The summed E-state index contributed by atoms with van der Waals surface area (Å²) < 4.78 is 1.19. The molecule has 3 heteroatoms. The van der Waals surface area contributed by atoms with E-state index in [-0.39, 0.29) is 0 Å². The van der Waals surface area contributed by atoms with Gasteiger partial charge in [-0.25, -0.2) is 0 Å². The van der Waals surface area contributed by atoms with E-state index in [0.717, 1.165) is 5.56 Å². The van der Waals surface area contributed by atoms with Gasteiger partial charge in [-0.3, -0.25) is 0 Å². The number of aliphatic hydroxyl groups is 1. The van der Waals surface area contributed by atoms with Crippen LogP contribution in [-0.2, 0) is 0 Å². The molecule has 54 valence electrons. The summed E-state index contributed by atoms with van der Waals surface area (Å²) in [5.41, 5.74) is 0.935. The molecule has 1 nitrogen and oxygen atoms in total. The Balaban J connectivity index is 2.84. The molecule has 1 N–H and O–H groups in total. The van der Waals surface area contributed by atoms with Crippen molar-refractivity contribution >= 4 is 33.9 Å². The number of rotatable bonds is 2. The molecule has 1 unspecified atom stereocenters. The van der Waals surface area contributed by atoms with Crippen molar-refractivity contribution in [2.75, 3.05) is 0 Å². The molecule has 0 aliphatic carbocycles. The van der Waals surface area contributed by atoms with Gasteiger partial charge in [0.25, 0.3) is 0 Å². The van der Waals surface area contributed by atoms with E-state index < -0.39 is 6.10 Å². The molecule has 0 spiro atoms. The fourth-order valence-electron chi connectivity index (χ4n) is 0.615. The maximum absolute atomic E-state index is 9.23. The molecule has 0 aliphatic heterocycles. The summed E-state index contributed by atoms with van der Waals surface area (Å²) in [5.74, 6) is 0. The Hall–Kier alpha value is 0.130. The minimum absolute atomic E-state index is 0.500. The second-order valence-corrected chi connectivity index (χ2v) is 4.67. The minimum atomic E-state index is -0.500. The van der Waals surface area contributed by atoms with Crippen molar-refractivity contribution in [2.45, 2.75) is 6.10 Å². The average Bonchev–Trinajstić information content (AvgIpc) is 2.34. The molecule has 0 aromatic carbocycles. The monoisotopic (exact) mass is 266 g/mol. The van der Waals surface area contributed by atoms with Crippen molar-refractivity contribution in [1.82, 2.24) is 0 Å². The van der Waals surface area contributed by atoms with E-state index in [2.05, 4.69) is 29.2 Å². The van der Waals surface area contributed by atoms with Crippen LogP contribution in [0.4, 0.5) is 0 Å². The molecule has 1 aromatic heterocycles. The molecule has 0 saturated carbocycles. The highest BCUT2D eigenvalue weighted by Gasteiger charge is 2.03. The number of thiophene rings is 1. The van der Waals surface area contributed by atoms with Gasteiger partial charge in [-0.15, -0.1) is 17.9 Å². The molecule has 0 radical (unpaired) electrons. The maximum atomic E-state index is 9.23. The molecular weight excluding hydrogens is 259 g/mol. The van der Waals surface area contributed by atoms with Gasteiger partial charge in [0.15, 0.2) is 0 Å². The van der Waals surface area contributed by atoms with Gasteiger partial charge in [0.1, 0.15) is 0 Å². The van der Waals surface area contributed by atoms with Crippen molar-refractivity contribution in [3.05, 3.63) is 32.5 Å². The summed E-state index contributed by atoms with van der Waals surface area (Å²) in [4.78, 5) is 0. The summed E-state index contributed by atoms with van der Waals surface area (Å²) in [6, 6.07) is 1.96.